The minimum Gasteiger partial charge on any atom is -0.482 e. The fraction of sp³-hybridized carbons (Fsp3) is 0.143. The first kappa shape index (κ1) is 17.8. The van der Waals surface area contributed by atoms with E-state index in [4.69, 9.17) is 4.74 Å². The number of benzene rings is 2. The molecule has 0 unspecified atom stereocenters. The number of nitrogens with zero attached hydrogens (tertiary/aromatic N) is 1. The van der Waals surface area contributed by atoms with Crippen molar-refractivity contribution in [2.24, 2.45) is 0 Å². The Morgan fingerprint density at radius 1 is 1.19 bits per heavy atom. The number of carbonyl (C=O) groups is 2. The van der Waals surface area contributed by atoms with Gasteiger partial charge in [-0.1, -0.05) is 18.2 Å². The van der Waals surface area contributed by atoms with Crippen molar-refractivity contribution < 1.29 is 14.3 Å². The van der Waals surface area contributed by atoms with Crippen LogP contribution < -0.4 is 9.64 Å². The van der Waals surface area contributed by atoms with Gasteiger partial charge in [0.1, 0.15) is 5.75 Å². The second-order valence-corrected chi connectivity index (χ2v) is 7.93. The number of thioether (sulfide) groups is 1. The van der Waals surface area contributed by atoms with Gasteiger partial charge in [-0.15, -0.1) is 23.1 Å². The van der Waals surface area contributed by atoms with Gasteiger partial charge in [0.25, 0.3) is 5.91 Å². The molecule has 1 amide bonds. The quantitative estimate of drug-likeness (QED) is 0.467. The van der Waals surface area contributed by atoms with Crippen LogP contribution in [0.3, 0.4) is 0 Å². The summed E-state index contributed by atoms with van der Waals surface area (Å²) < 4.78 is 5.56. The van der Waals surface area contributed by atoms with Gasteiger partial charge in [-0.25, -0.2) is 0 Å². The van der Waals surface area contributed by atoms with Gasteiger partial charge in [-0.05, 0) is 53.6 Å². The topological polar surface area (TPSA) is 46.6 Å². The second-order valence-electron chi connectivity index (χ2n) is 6.11. The van der Waals surface area contributed by atoms with Gasteiger partial charge in [0.05, 0.1) is 17.1 Å². The summed E-state index contributed by atoms with van der Waals surface area (Å²) >= 11 is 3.09. The van der Waals surface area contributed by atoms with E-state index in [0.717, 1.165) is 5.56 Å². The third-order valence-electron chi connectivity index (χ3n) is 4.41. The molecule has 0 atom stereocenters. The number of ether oxygens (including phenoxy) is 1. The zero-order valence-corrected chi connectivity index (χ0v) is 16.3. The Morgan fingerprint density at radius 3 is 2.70 bits per heavy atom. The Balaban J connectivity index is 1.66. The predicted octanol–water partition coefficient (Wildman–Crippen LogP) is 4.63. The number of ketones is 1. The van der Waals surface area contributed by atoms with Crippen LogP contribution in [0, 0.1) is 0 Å². The first-order valence-electron chi connectivity index (χ1n) is 8.44. The molecule has 0 radical (unpaired) electrons. The number of hydrogen-bond acceptors (Lipinski definition) is 5. The number of anilines is 1. The van der Waals surface area contributed by atoms with Crippen molar-refractivity contribution >= 4 is 40.5 Å². The lowest BCUT2D eigenvalue weighted by Crippen LogP contribution is -2.38. The highest BCUT2D eigenvalue weighted by Gasteiger charge is 2.27. The molecule has 2 aromatic carbocycles. The lowest BCUT2D eigenvalue weighted by atomic mass is 10.1. The first-order chi connectivity index (χ1) is 13.2. The van der Waals surface area contributed by atoms with E-state index in [1.54, 1.807) is 40.9 Å². The van der Waals surface area contributed by atoms with Crippen molar-refractivity contribution in [1.29, 1.82) is 0 Å². The van der Waals surface area contributed by atoms with E-state index in [2.05, 4.69) is 0 Å². The molecule has 0 fully saturated rings. The first-order valence-corrected chi connectivity index (χ1v) is 10.5. The van der Waals surface area contributed by atoms with E-state index in [-0.39, 0.29) is 18.3 Å². The third kappa shape index (κ3) is 3.63. The lowest BCUT2D eigenvalue weighted by molar-refractivity contribution is -0.121. The van der Waals surface area contributed by atoms with Crippen molar-refractivity contribution in [1.82, 2.24) is 0 Å². The van der Waals surface area contributed by atoms with E-state index in [1.165, 1.54) is 16.2 Å². The van der Waals surface area contributed by atoms with Crippen LogP contribution in [0.25, 0.3) is 0 Å². The molecule has 1 aliphatic heterocycles. The Hall–Kier alpha value is -2.57. The normalized spacial score (nSPS) is 13.2. The number of thiophene rings is 1. The number of fused-ring (bicyclic) bond motifs is 1. The lowest BCUT2D eigenvalue weighted by Gasteiger charge is -2.30. The van der Waals surface area contributed by atoms with Crippen LogP contribution in [0.2, 0.25) is 0 Å². The van der Waals surface area contributed by atoms with Crippen molar-refractivity contribution in [2.75, 3.05) is 17.8 Å². The number of hydrogen-bond donors (Lipinski definition) is 0. The van der Waals surface area contributed by atoms with E-state index >= 15 is 0 Å². The molecule has 4 nitrogen and oxygen atoms in total. The van der Waals surface area contributed by atoms with E-state index in [0.29, 0.717) is 28.4 Å². The van der Waals surface area contributed by atoms with Crippen LogP contribution in [0.5, 0.6) is 5.75 Å². The molecule has 3 aromatic rings. The van der Waals surface area contributed by atoms with E-state index in [9.17, 15) is 9.59 Å². The van der Waals surface area contributed by atoms with Gasteiger partial charge in [-0.2, -0.15) is 0 Å². The Bertz CT molecular complexity index is 981. The molecular weight excluding hydrogens is 378 g/mol. The zero-order valence-electron chi connectivity index (χ0n) is 14.7. The van der Waals surface area contributed by atoms with Crippen molar-refractivity contribution in [2.45, 2.75) is 11.4 Å². The molecule has 4 rings (SSSR count). The van der Waals surface area contributed by atoms with Gasteiger partial charge in [-0.3, -0.25) is 9.59 Å². The minimum atomic E-state index is -0.114. The molecule has 0 spiro atoms. The van der Waals surface area contributed by atoms with Gasteiger partial charge < -0.3 is 9.64 Å². The maximum Gasteiger partial charge on any atom is 0.265 e. The van der Waals surface area contributed by atoms with Crippen LogP contribution in [0.15, 0.2) is 64.9 Å². The minimum absolute atomic E-state index is 0.00805. The molecule has 0 saturated carbocycles. The second kappa shape index (κ2) is 7.58. The fourth-order valence-electron chi connectivity index (χ4n) is 2.98. The molecule has 136 valence electrons. The summed E-state index contributed by atoms with van der Waals surface area (Å²) in [5.74, 6) is 0.463. The van der Waals surface area contributed by atoms with Crippen LogP contribution in [0.4, 0.5) is 5.69 Å². The summed E-state index contributed by atoms with van der Waals surface area (Å²) in [6.07, 6.45) is 2.03. The van der Waals surface area contributed by atoms with Crippen LogP contribution in [-0.2, 0) is 11.3 Å². The Morgan fingerprint density at radius 2 is 2.00 bits per heavy atom. The molecule has 0 saturated heterocycles. The largest absolute Gasteiger partial charge is 0.482 e. The van der Waals surface area contributed by atoms with E-state index < -0.39 is 0 Å². The molecule has 0 N–H and O–H groups in total. The average molecular weight is 396 g/mol. The molecule has 6 heteroatoms. The van der Waals surface area contributed by atoms with Crippen molar-refractivity contribution in [3.8, 4) is 5.75 Å². The molecule has 2 heterocycles. The maximum atomic E-state index is 12.7. The highest BCUT2D eigenvalue weighted by atomic mass is 32.2. The zero-order chi connectivity index (χ0) is 18.8. The molecular formula is C21H17NO3S2. The average Bonchev–Trinajstić information content (AvgIpc) is 3.24. The summed E-state index contributed by atoms with van der Waals surface area (Å²) in [6, 6.07) is 17.1. The summed E-state index contributed by atoms with van der Waals surface area (Å²) in [5.41, 5.74) is 2.23. The van der Waals surface area contributed by atoms with Gasteiger partial charge in [0.2, 0.25) is 5.78 Å². The Labute approximate surface area is 165 Å². The fourth-order valence-corrected chi connectivity index (χ4v) is 4.07. The van der Waals surface area contributed by atoms with Crippen molar-refractivity contribution in [3.05, 3.63) is 76.0 Å². The standard InChI is InChI=1S/C21H17NO3S2/c1-26-16-7-4-14(5-8-16)12-22-17-11-15(21(24)19-3-2-10-27-19)6-9-18(17)25-13-20(22)23/h2-11H,12-13H2,1H3. The number of carbonyl (C=O) groups excluding carboxylic acids is 2. The number of amides is 1. The maximum absolute atomic E-state index is 12.7. The predicted molar refractivity (Wildman–Crippen MR) is 109 cm³/mol. The summed E-state index contributed by atoms with van der Waals surface area (Å²) in [4.78, 5) is 28.7. The van der Waals surface area contributed by atoms with Crippen LogP contribution in [-0.4, -0.2) is 24.6 Å². The van der Waals surface area contributed by atoms with Gasteiger partial charge in [0, 0.05) is 10.5 Å². The summed E-state index contributed by atoms with van der Waals surface area (Å²) in [6.45, 7) is 0.453. The number of rotatable bonds is 5. The van der Waals surface area contributed by atoms with Crippen LogP contribution >= 0.6 is 23.1 Å². The van der Waals surface area contributed by atoms with Crippen molar-refractivity contribution in [3.63, 3.8) is 0 Å². The summed E-state index contributed by atoms with van der Waals surface area (Å²) in [5, 5.41) is 1.88. The SMILES string of the molecule is CSc1ccc(CN2C(=O)COc3ccc(C(=O)c4cccs4)cc32)cc1. The van der Waals surface area contributed by atoms with Gasteiger partial charge >= 0.3 is 0 Å². The monoisotopic (exact) mass is 395 g/mol. The molecule has 1 aromatic heterocycles. The molecule has 1 aliphatic rings. The third-order valence-corrected chi connectivity index (χ3v) is 6.02. The van der Waals surface area contributed by atoms with E-state index in [1.807, 2.05) is 42.0 Å². The molecule has 27 heavy (non-hydrogen) atoms. The molecule has 0 aliphatic carbocycles. The highest BCUT2D eigenvalue weighted by Crippen LogP contribution is 2.35. The Kier molecular flexibility index (Phi) is 5.01. The van der Waals surface area contributed by atoms with Gasteiger partial charge in [0.15, 0.2) is 6.61 Å². The highest BCUT2D eigenvalue weighted by molar-refractivity contribution is 7.98. The molecule has 0 bridgehead atoms. The van der Waals surface area contributed by atoms with Crippen LogP contribution in [0.1, 0.15) is 20.8 Å². The smallest absolute Gasteiger partial charge is 0.265 e. The summed E-state index contributed by atoms with van der Waals surface area (Å²) in [7, 11) is 0.